The summed E-state index contributed by atoms with van der Waals surface area (Å²) in [5, 5.41) is 14.8. The molecule has 0 atom stereocenters. The Morgan fingerprint density at radius 1 is 1.07 bits per heavy atom. The Kier molecular flexibility index (Phi) is 5.70. The molecule has 0 aliphatic rings. The minimum Gasteiger partial charge on any atom is -0.350 e. The fourth-order valence-electron chi connectivity index (χ4n) is 2.44. The van der Waals surface area contributed by atoms with Crippen molar-refractivity contribution >= 4 is 17.4 Å². The first kappa shape index (κ1) is 18.0. The smallest absolute Gasteiger partial charge is 0.271 e. The zero-order valence-electron chi connectivity index (χ0n) is 14.3. The van der Waals surface area contributed by atoms with Gasteiger partial charge >= 0.3 is 0 Å². The number of aromatic nitrogens is 2. The number of anilines is 2. The summed E-state index contributed by atoms with van der Waals surface area (Å²) in [6.45, 7) is 0.289. The predicted molar refractivity (Wildman–Crippen MR) is 98.9 cm³/mol. The van der Waals surface area contributed by atoms with Crippen LogP contribution in [0, 0.1) is 17.1 Å². The lowest BCUT2D eigenvalue weighted by Crippen LogP contribution is -2.26. The maximum atomic E-state index is 13.6. The van der Waals surface area contributed by atoms with Crippen molar-refractivity contribution in [2.75, 3.05) is 11.9 Å². The van der Waals surface area contributed by atoms with Crippen molar-refractivity contribution < 1.29 is 9.18 Å². The Bertz CT molecular complexity index is 982. The molecule has 1 amide bonds. The van der Waals surface area contributed by atoms with Crippen molar-refractivity contribution in [1.82, 2.24) is 15.3 Å². The maximum Gasteiger partial charge on any atom is 0.271 e. The second kappa shape index (κ2) is 8.54. The van der Waals surface area contributed by atoms with E-state index in [0.717, 1.165) is 0 Å². The van der Waals surface area contributed by atoms with Crippen LogP contribution in [0.1, 0.15) is 21.6 Å². The Labute approximate surface area is 155 Å². The fourth-order valence-corrected chi connectivity index (χ4v) is 2.44. The van der Waals surface area contributed by atoms with Gasteiger partial charge in [-0.15, -0.1) is 0 Å². The Hall–Kier alpha value is -3.79. The number of para-hydroxylation sites is 1. The number of halogens is 1. The van der Waals surface area contributed by atoms with Crippen LogP contribution in [-0.2, 0) is 6.42 Å². The van der Waals surface area contributed by atoms with Crippen LogP contribution < -0.4 is 10.6 Å². The SMILES string of the molecule is N#Cc1ccccc1Nc1cnc(C(=O)NCCc2ccccc2F)cn1. The predicted octanol–water partition coefficient (Wildman–Crippen LogP) is 3.20. The number of nitrogens with zero attached hydrogens (tertiary/aromatic N) is 3. The molecule has 134 valence electrons. The van der Waals surface area contributed by atoms with Gasteiger partial charge in [0.2, 0.25) is 0 Å². The molecule has 0 aliphatic carbocycles. The summed E-state index contributed by atoms with van der Waals surface area (Å²) in [5.41, 5.74) is 1.79. The molecule has 0 spiro atoms. The highest BCUT2D eigenvalue weighted by Gasteiger charge is 2.09. The van der Waals surface area contributed by atoms with Crippen LogP contribution in [0.5, 0.6) is 0 Å². The van der Waals surface area contributed by atoms with E-state index in [1.54, 1.807) is 42.5 Å². The number of carbonyl (C=O) groups is 1. The molecule has 7 heteroatoms. The molecular formula is C20H16FN5O. The number of nitriles is 1. The zero-order chi connectivity index (χ0) is 19.1. The van der Waals surface area contributed by atoms with Crippen LogP contribution in [-0.4, -0.2) is 22.4 Å². The van der Waals surface area contributed by atoms with Crippen LogP contribution in [0.3, 0.4) is 0 Å². The summed E-state index contributed by atoms with van der Waals surface area (Å²) in [6.07, 6.45) is 3.14. The molecule has 0 bridgehead atoms. The minimum absolute atomic E-state index is 0.155. The number of carbonyl (C=O) groups excluding carboxylic acids is 1. The summed E-state index contributed by atoms with van der Waals surface area (Å²) in [6, 6.07) is 15.5. The third-order valence-corrected chi connectivity index (χ3v) is 3.83. The summed E-state index contributed by atoms with van der Waals surface area (Å²) in [5.74, 6) is -0.261. The average Bonchev–Trinajstić information content (AvgIpc) is 2.70. The molecule has 3 rings (SSSR count). The van der Waals surface area contributed by atoms with Gasteiger partial charge in [-0.3, -0.25) is 4.79 Å². The lowest BCUT2D eigenvalue weighted by molar-refractivity contribution is 0.0948. The van der Waals surface area contributed by atoms with Gasteiger partial charge in [-0.25, -0.2) is 14.4 Å². The first-order valence-corrected chi connectivity index (χ1v) is 8.27. The second-order valence-electron chi connectivity index (χ2n) is 5.67. The van der Waals surface area contributed by atoms with Gasteiger partial charge in [-0.2, -0.15) is 5.26 Å². The van der Waals surface area contributed by atoms with E-state index in [2.05, 4.69) is 26.7 Å². The van der Waals surface area contributed by atoms with Gasteiger partial charge in [0.25, 0.3) is 5.91 Å². The Balaban J connectivity index is 1.57. The summed E-state index contributed by atoms with van der Waals surface area (Å²) < 4.78 is 13.6. The van der Waals surface area contributed by atoms with Crippen LogP contribution in [0.15, 0.2) is 60.9 Å². The molecule has 0 fully saturated rings. The number of nitrogens with one attached hydrogen (secondary N) is 2. The molecule has 1 aromatic heterocycles. The van der Waals surface area contributed by atoms with Crippen molar-refractivity contribution in [2.24, 2.45) is 0 Å². The van der Waals surface area contributed by atoms with E-state index in [1.165, 1.54) is 18.5 Å². The quantitative estimate of drug-likeness (QED) is 0.704. The molecule has 0 saturated heterocycles. The van der Waals surface area contributed by atoms with Crippen LogP contribution in [0.2, 0.25) is 0 Å². The van der Waals surface area contributed by atoms with Gasteiger partial charge in [-0.1, -0.05) is 30.3 Å². The molecule has 2 N–H and O–H groups in total. The number of hydrogen-bond donors (Lipinski definition) is 2. The molecular weight excluding hydrogens is 345 g/mol. The molecule has 0 radical (unpaired) electrons. The molecule has 0 unspecified atom stereocenters. The average molecular weight is 361 g/mol. The topological polar surface area (TPSA) is 90.7 Å². The monoisotopic (exact) mass is 361 g/mol. The van der Waals surface area contributed by atoms with E-state index in [9.17, 15) is 9.18 Å². The van der Waals surface area contributed by atoms with Crippen LogP contribution >= 0.6 is 0 Å². The zero-order valence-corrected chi connectivity index (χ0v) is 14.3. The second-order valence-corrected chi connectivity index (χ2v) is 5.67. The van der Waals surface area contributed by atoms with E-state index >= 15 is 0 Å². The number of rotatable bonds is 6. The molecule has 0 aliphatic heterocycles. The number of amides is 1. The Morgan fingerprint density at radius 2 is 1.85 bits per heavy atom. The highest BCUT2D eigenvalue weighted by atomic mass is 19.1. The molecule has 0 saturated carbocycles. The number of hydrogen-bond acceptors (Lipinski definition) is 5. The normalized spacial score (nSPS) is 10.1. The van der Waals surface area contributed by atoms with E-state index in [0.29, 0.717) is 29.1 Å². The fraction of sp³-hybridized carbons (Fsp3) is 0.100. The first-order valence-electron chi connectivity index (χ1n) is 8.27. The van der Waals surface area contributed by atoms with E-state index in [-0.39, 0.29) is 24.0 Å². The third-order valence-electron chi connectivity index (χ3n) is 3.83. The maximum absolute atomic E-state index is 13.6. The summed E-state index contributed by atoms with van der Waals surface area (Å²) in [4.78, 5) is 20.3. The summed E-state index contributed by atoms with van der Waals surface area (Å²) in [7, 11) is 0. The lowest BCUT2D eigenvalue weighted by atomic mass is 10.1. The van der Waals surface area contributed by atoms with Crippen LogP contribution in [0.4, 0.5) is 15.9 Å². The van der Waals surface area contributed by atoms with Gasteiger partial charge in [-0.05, 0) is 30.2 Å². The highest BCUT2D eigenvalue weighted by molar-refractivity contribution is 5.92. The summed E-state index contributed by atoms with van der Waals surface area (Å²) >= 11 is 0. The van der Waals surface area contributed by atoms with Gasteiger partial charge in [0.1, 0.15) is 23.4 Å². The van der Waals surface area contributed by atoms with Crippen molar-refractivity contribution in [2.45, 2.75) is 6.42 Å². The lowest BCUT2D eigenvalue weighted by Gasteiger charge is -2.08. The Morgan fingerprint density at radius 3 is 2.59 bits per heavy atom. The van der Waals surface area contributed by atoms with Crippen molar-refractivity contribution in [3.8, 4) is 6.07 Å². The molecule has 1 heterocycles. The van der Waals surface area contributed by atoms with E-state index in [4.69, 9.17) is 5.26 Å². The first-order chi connectivity index (χ1) is 13.2. The minimum atomic E-state index is -0.386. The number of benzene rings is 2. The van der Waals surface area contributed by atoms with Gasteiger partial charge in [0.15, 0.2) is 0 Å². The molecule has 2 aromatic carbocycles. The van der Waals surface area contributed by atoms with Gasteiger partial charge in [0.05, 0.1) is 23.6 Å². The largest absolute Gasteiger partial charge is 0.350 e. The van der Waals surface area contributed by atoms with Gasteiger partial charge < -0.3 is 10.6 Å². The van der Waals surface area contributed by atoms with E-state index < -0.39 is 0 Å². The third kappa shape index (κ3) is 4.64. The van der Waals surface area contributed by atoms with Crippen molar-refractivity contribution in [3.05, 3.63) is 83.6 Å². The van der Waals surface area contributed by atoms with Gasteiger partial charge in [0, 0.05) is 6.54 Å². The molecule has 27 heavy (non-hydrogen) atoms. The molecule has 3 aromatic rings. The molecule has 6 nitrogen and oxygen atoms in total. The van der Waals surface area contributed by atoms with Crippen LogP contribution in [0.25, 0.3) is 0 Å². The van der Waals surface area contributed by atoms with E-state index in [1.807, 2.05) is 0 Å². The standard InChI is InChI=1S/C20H16FN5O/c21-16-7-3-1-5-14(16)9-10-23-20(27)18-12-25-19(13-24-18)26-17-8-4-2-6-15(17)11-22/h1-8,12-13H,9-10H2,(H,23,27)(H,25,26). The van der Waals surface area contributed by atoms with Crippen molar-refractivity contribution in [3.63, 3.8) is 0 Å². The van der Waals surface area contributed by atoms with Crippen molar-refractivity contribution in [1.29, 1.82) is 5.26 Å². The highest BCUT2D eigenvalue weighted by Crippen LogP contribution is 2.18.